The molecule has 1 amide bonds. The van der Waals surface area contributed by atoms with Crippen molar-refractivity contribution in [2.24, 2.45) is 11.8 Å². The lowest BCUT2D eigenvalue weighted by molar-refractivity contribution is -0.123. The Kier molecular flexibility index (Phi) is 10.5. The summed E-state index contributed by atoms with van der Waals surface area (Å²) in [5, 5.41) is 6.50. The highest BCUT2D eigenvalue weighted by Gasteiger charge is 2.22. The van der Waals surface area contributed by atoms with Gasteiger partial charge < -0.3 is 15.2 Å². The SMILES string of the molecule is CC(Cn1ccnc1)NC(=O)CC(C)C1CCCNC1.Cl.Cl. The summed E-state index contributed by atoms with van der Waals surface area (Å²) in [6.45, 7) is 7.17. The molecule has 22 heavy (non-hydrogen) atoms. The molecule has 0 aromatic carbocycles. The number of carbonyl (C=O) groups is 1. The first-order valence-corrected chi connectivity index (χ1v) is 7.61. The van der Waals surface area contributed by atoms with Gasteiger partial charge in [-0.15, -0.1) is 24.8 Å². The third-order valence-corrected chi connectivity index (χ3v) is 4.10. The molecule has 3 unspecified atom stereocenters. The molecule has 0 aliphatic carbocycles. The van der Waals surface area contributed by atoms with E-state index in [-0.39, 0.29) is 36.8 Å². The lowest BCUT2D eigenvalue weighted by Gasteiger charge is -2.28. The smallest absolute Gasteiger partial charge is 0.220 e. The first-order chi connectivity index (χ1) is 9.65. The summed E-state index contributed by atoms with van der Waals surface area (Å²) in [5.74, 6) is 1.25. The van der Waals surface area contributed by atoms with Crippen molar-refractivity contribution in [1.29, 1.82) is 0 Å². The molecule has 0 radical (unpaired) electrons. The van der Waals surface area contributed by atoms with Gasteiger partial charge >= 0.3 is 0 Å². The maximum absolute atomic E-state index is 12.1. The number of hydrogen-bond acceptors (Lipinski definition) is 3. The van der Waals surface area contributed by atoms with E-state index in [0.29, 0.717) is 18.3 Å². The lowest BCUT2D eigenvalue weighted by atomic mass is 9.85. The topological polar surface area (TPSA) is 59.0 Å². The molecule has 5 nitrogen and oxygen atoms in total. The molecule has 128 valence electrons. The molecule has 1 saturated heterocycles. The summed E-state index contributed by atoms with van der Waals surface area (Å²) in [6.07, 6.45) is 8.55. The molecule has 2 rings (SSSR count). The van der Waals surface area contributed by atoms with Crippen LogP contribution in [0.15, 0.2) is 18.7 Å². The second-order valence-corrected chi connectivity index (χ2v) is 6.02. The van der Waals surface area contributed by atoms with Crippen LogP contribution >= 0.6 is 24.8 Å². The van der Waals surface area contributed by atoms with Crippen LogP contribution in [0, 0.1) is 11.8 Å². The number of hydrogen-bond donors (Lipinski definition) is 2. The lowest BCUT2D eigenvalue weighted by Crippen LogP contribution is -2.39. The minimum Gasteiger partial charge on any atom is -0.352 e. The van der Waals surface area contributed by atoms with Crippen LogP contribution in [0.2, 0.25) is 0 Å². The zero-order chi connectivity index (χ0) is 14.4. The number of halogens is 2. The van der Waals surface area contributed by atoms with Crippen molar-refractivity contribution < 1.29 is 4.79 Å². The number of nitrogens with zero attached hydrogens (tertiary/aromatic N) is 2. The number of imidazole rings is 1. The number of amides is 1. The van der Waals surface area contributed by atoms with Crippen LogP contribution in [0.4, 0.5) is 0 Å². The summed E-state index contributed by atoms with van der Waals surface area (Å²) < 4.78 is 1.99. The average molecular weight is 351 g/mol. The van der Waals surface area contributed by atoms with E-state index in [0.717, 1.165) is 19.6 Å². The van der Waals surface area contributed by atoms with Crippen LogP contribution in [-0.2, 0) is 11.3 Å². The number of aromatic nitrogens is 2. The Bertz CT molecular complexity index is 408. The third kappa shape index (κ3) is 6.99. The predicted molar refractivity (Wildman–Crippen MR) is 93.7 cm³/mol. The molecular weight excluding hydrogens is 323 g/mol. The highest BCUT2D eigenvalue weighted by molar-refractivity contribution is 5.85. The van der Waals surface area contributed by atoms with Crippen molar-refractivity contribution in [2.75, 3.05) is 13.1 Å². The van der Waals surface area contributed by atoms with Crippen LogP contribution < -0.4 is 10.6 Å². The molecule has 0 bridgehead atoms. The summed E-state index contributed by atoms with van der Waals surface area (Å²) in [6, 6.07) is 0.133. The monoisotopic (exact) mass is 350 g/mol. The molecule has 2 N–H and O–H groups in total. The van der Waals surface area contributed by atoms with Crippen LogP contribution in [0.1, 0.15) is 33.1 Å². The molecule has 1 aromatic heterocycles. The Morgan fingerprint density at radius 3 is 2.82 bits per heavy atom. The van der Waals surface area contributed by atoms with Crippen molar-refractivity contribution in [3.8, 4) is 0 Å². The zero-order valence-corrected chi connectivity index (χ0v) is 15.0. The molecule has 0 saturated carbocycles. The van der Waals surface area contributed by atoms with Gasteiger partial charge in [0, 0.05) is 31.4 Å². The molecular formula is C15H28Cl2N4O. The Hall–Kier alpha value is -0.780. The average Bonchev–Trinajstić information content (AvgIpc) is 2.92. The number of carbonyl (C=O) groups excluding carboxylic acids is 1. The summed E-state index contributed by atoms with van der Waals surface area (Å²) in [4.78, 5) is 16.1. The fraction of sp³-hybridized carbons (Fsp3) is 0.733. The normalized spacial score (nSPS) is 20.2. The third-order valence-electron chi connectivity index (χ3n) is 4.10. The molecule has 7 heteroatoms. The maximum atomic E-state index is 12.1. The summed E-state index contributed by atoms with van der Waals surface area (Å²) in [5.41, 5.74) is 0. The van der Waals surface area contributed by atoms with Gasteiger partial charge in [-0.3, -0.25) is 4.79 Å². The van der Waals surface area contributed by atoms with Gasteiger partial charge in [0.25, 0.3) is 0 Å². The standard InChI is InChI=1S/C15H26N4O.2ClH/c1-12(14-4-3-5-16-9-14)8-15(20)18-13(2)10-19-7-6-17-11-19;;/h6-7,11-14,16H,3-5,8-10H2,1-2H3,(H,18,20);2*1H. The van der Waals surface area contributed by atoms with Crippen LogP contribution in [0.5, 0.6) is 0 Å². The van der Waals surface area contributed by atoms with E-state index in [1.165, 1.54) is 12.8 Å². The van der Waals surface area contributed by atoms with Crippen molar-refractivity contribution in [2.45, 2.75) is 45.7 Å². The van der Waals surface area contributed by atoms with E-state index in [1.54, 1.807) is 12.5 Å². The van der Waals surface area contributed by atoms with Crippen molar-refractivity contribution in [3.05, 3.63) is 18.7 Å². The number of piperidine rings is 1. The van der Waals surface area contributed by atoms with Gasteiger partial charge in [-0.05, 0) is 44.7 Å². The fourth-order valence-electron chi connectivity index (χ4n) is 2.91. The molecule has 1 aromatic rings. The molecule has 1 aliphatic rings. The predicted octanol–water partition coefficient (Wildman–Crippen LogP) is 2.26. The van der Waals surface area contributed by atoms with Crippen LogP contribution in [-0.4, -0.2) is 34.6 Å². The second-order valence-electron chi connectivity index (χ2n) is 6.02. The Morgan fingerprint density at radius 1 is 1.45 bits per heavy atom. The Morgan fingerprint density at radius 2 is 2.23 bits per heavy atom. The van der Waals surface area contributed by atoms with Gasteiger partial charge in [0.15, 0.2) is 0 Å². The van der Waals surface area contributed by atoms with Crippen LogP contribution in [0.3, 0.4) is 0 Å². The Labute approximate surface area is 145 Å². The quantitative estimate of drug-likeness (QED) is 0.827. The highest BCUT2D eigenvalue weighted by atomic mass is 35.5. The highest BCUT2D eigenvalue weighted by Crippen LogP contribution is 2.22. The largest absolute Gasteiger partial charge is 0.352 e. The maximum Gasteiger partial charge on any atom is 0.220 e. The van der Waals surface area contributed by atoms with Crippen molar-refractivity contribution in [1.82, 2.24) is 20.2 Å². The molecule has 2 heterocycles. The van der Waals surface area contributed by atoms with E-state index in [4.69, 9.17) is 0 Å². The minimum absolute atomic E-state index is 0. The van der Waals surface area contributed by atoms with E-state index in [9.17, 15) is 4.79 Å². The van der Waals surface area contributed by atoms with E-state index < -0.39 is 0 Å². The molecule has 0 spiro atoms. The summed E-state index contributed by atoms with van der Waals surface area (Å²) >= 11 is 0. The van der Waals surface area contributed by atoms with Crippen molar-refractivity contribution in [3.63, 3.8) is 0 Å². The second kappa shape index (κ2) is 10.9. The van der Waals surface area contributed by atoms with Gasteiger partial charge in [-0.2, -0.15) is 0 Å². The first-order valence-electron chi connectivity index (χ1n) is 7.61. The van der Waals surface area contributed by atoms with Gasteiger partial charge in [0.2, 0.25) is 5.91 Å². The molecule has 3 atom stereocenters. The van der Waals surface area contributed by atoms with E-state index >= 15 is 0 Å². The number of nitrogens with one attached hydrogen (secondary N) is 2. The van der Waals surface area contributed by atoms with E-state index in [1.807, 2.05) is 17.7 Å². The van der Waals surface area contributed by atoms with Gasteiger partial charge in [0.1, 0.15) is 0 Å². The van der Waals surface area contributed by atoms with E-state index in [2.05, 4.69) is 22.5 Å². The van der Waals surface area contributed by atoms with Crippen molar-refractivity contribution >= 4 is 30.7 Å². The van der Waals surface area contributed by atoms with Gasteiger partial charge in [0.05, 0.1) is 6.33 Å². The van der Waals surface area contributed by atoms with Gasteiger partial charge in [-0.1, -0.05) is 6.92 Å². The molecule has 1 fully saturated rings. The summed E-state index contributed by atoms with van der Waals surface area (Å²) in [7, 11) is 0. The minimum atomic E-state index is 0. The molecule has 1 aliphatic heterocycles. The van der Waals surface area contributed by atoms with Crippen LogP contribution in [0.25, 0.3) is 0 Å². The first kappa shape index (κ1) is 21.2. The zero-order valence-electron chi connectivity index (χ0n) is 13.3. The Balaban J connectivity index is 0.00000220. The fourth-order valence-corrected chi connectivity index (χ4v) is 2.91. The van der Waals surface area contributed by atoms with Gasteiger partial charge in [-0.25, -0.2) is 4.98 Å². The number of rotatable bonds is 6.